The van der Waals surface area contributed by atoms with Crippen molar-refractivity contribution in [2.45, 2.75) is 44.7 Å². The molecular weight excluding hydrogens is 258 g/mol. The molecule has 0 radical (unpaired) electrons. The number of nitrogens with one attached hydrogen (secondary N) is 1. The molecule has 2 unspecified atom stereocenters. The van der Waals surface area contributed by atoms with Crippen LogP contribution in [0.15, 0.2) is 18.2 Å². The first kappa shape index (κ1) is 15.4. The summed E-state index contributed by atoms with van der Waals surface area (Å²) in [7, 11) is 1.81. The van der Waals surface area contributed by atoms with Gasteiger partial charge in [0.15, 0.2) is 11.6 Å². The Morgan fingerprint density at radius 1 is 1.35 bits per heavy atom. The molecule has 0 aliphatic carbocycles. The van der Waals surface area contributed by atoms with Gasteiger partial charge >= 0.3 is 0 Å². The van der Waals surface area contributed by atoms with E-state index in [2.05, 4.69) is 17.1 Å². The van der Waals surface area contributed by atoms with Crippen molar-refractivity contribution in [3.63, 3.8) is 0 Å². The molecule has 0 saturated carbocycles. The number of halogens is 2. The third kappa shape index (κ3) is 3.36. The zero-order valence-electron chi connectivity index (χ0n) is 12.3. The predicted molar refractivity (Wildman–Crippen MR) is 77.7 cm³/mol. The molecule has 1 heterocycles. The predicted octanol–water partition coefficient (Wildman–Crippen LogP) is 3.49. The number of nitrogens with zero attached hydrogens (tertiary/aromatic N) is 1. The zero-order valence-corrected chi connectivity index (χ0v) is 12.3. The molecular formula is C16H24F2N2. The van der Waals surface area contributed by atoms with Crippen molar-refractivity contribution >= 4 is 0 Å². The molecule has 1 aliphatic rings. The molecule has 1 aromatic carbocycles. The Kier molecular flexibility index (Phi) is 5.49. The summed E-state index contributed by atoms with van der Waals surface area (Å²) in [6.07, 6.45) is 4.78. The van der Waals surface area contributed by atoms with Crippen LogP contribution >= 0.6 is 0 Å². The third-order valence-corrected chi connectivity index (χ3v) is 4.34. The summed E-state index contributed by atoms with van der Waals surface area (Å²) in [5.41, 5.74) is 0.424. The van der Waals surface area contributed by atoms with Crippen molar-refractivity contribution in [1.82, 2.24) is 10.2 Å². The molecule has 1 saturated heterocycles. The van der Waals surface area contributed by atoms with Crippen LogP contribution in [0.5, 0.6) is 0 Å². The number of hydrogen-bond acceptors (Lipinski definition) is 2. The summed E-state index contributed by atoms with van der Waals surface area (Å²) in [5, 5.41) is 3.13. The molecule has 4 heteroatoms. The Hall–Kier alpha value is -1.00. The van der Waals surface area contributed by atoms with Crippen molar-refractivity contribution < 1.29 is 8.78 Å². The molecule has 0 aromatic heterocycles. The summed E-state index contributed by atoms with van der Waals surface area (Å²) in [5.74, 6) is -1.50. The van der Waals surface area contributed by atoms with Gasteiger partial charge in [0.05, 0.1) is 0 Å². The summed E-state index contributed by atoms with van der Waals surface area (Å²) in [4.78, 5) is 2.41. The summed E-state index contributed by atoms with van der Waals surface area (Å²) in [6, 6.07) is 4.81. The molecule has 0 bridgehead atoms. The maximum Gasteiger partial charge on any atom is 0.163 e. The molecule has 1 N–H and O–H groups in total. The molecule has 1 aliphatic heterocycles. The highest BCUT2D eigenvalue weighted by Gasteiger charge is 2.25. The fraction of sp³-hybridized carbons (Fsp3) is 0.625. The fourth-order valence-corrected chi connectivity index (χ4v) is 3.13. The summed E-state index contributed by atoms with van der Waals surface area (Å²) >= 11 is 0. The molecule has 2 nitrogen and oxygen atoms in total. The molecule has 0 amide bonds. The highest BCUT2D eigenvalue weighted by Crippen LogP contribution is 2.25. The van der Waals surface area contributed by atoms with E-state index in [1.165, 1.54) is 25.3 Å². The smallest absolute Gasteiger partial charge is 0.163 e. The number of rotatable bonds is 5. The zero-order chi connectivity index (χ0) is 14.5. The van der Waals surface area contributed by atoms with Crippen molar-refractivity contribution in [3.8, 4) is 0 Å². The van der Waals surface area contributed by atoms with E-state index in [-0.39, 0.29) is 6.04 Å². The van der Waals surface area contributed by atoms with Gasteiger partial charge in [0.25, 0.3) is 0 Å². The normalized spacial score (nSPS) is 21.9. The highest BCUT2D eigenvalue weighted by molar-refractivity contribution is 5.23. The van der Waals surface area contributed by atoms with Gasteiger partial charge in [0.2, 0.25) is 0 Å². The van der Waals surface area contributed by atoms with Crippen molar-refractivity contribution in [3.05, 3.63) is 35.4 Å². The number of benzene rings is 1. The Bertz CT molecular complexity index is 436. The lowest BCUT2D eigenvalue weighted by Crippen LogP contribution is -2.43. The lowest BCUT2D eigenvalue weighted by molar-refractivity contribution is 0.130. The standard InChI is InChI=1S/C16H24F2N2/c1-3-12-7-4-5-10-20(12)11-15(19-2)13-8-6-9-14(17)16(13)18/h6,8-9,12,15,19H,3-5,7,10-11H2,1-2H3. The van der Waals surface area contributed by atoms with Gasteiger partial charge in [-0.15, -0.1) is 0 Å². The number of hydrogen-bond donors (Lipinski definition) is 1. The van der Waals surface area contributed by atoms with E-state index in [0.29, 0.717) is 11.6 Å². The summed E-state index contributed by atoms with van der Waals surface area (Å²) < 4.78 is 27.3. The number of piperidine rings is 1. The van der Waals surface area contributed by atoms with Crippen LogP contribution in [0.4, 0.5) is 8.78 Å². The average molecular weight is 282 g/mol. The topological polar surface area (TPSA) is 15.3 Å². The summed E-state index contributed by atoms with van der Waals surface area (Å²) in [6.45, 7) is 3.98. The first-order valence-corrected chi connectivity index (χ1v) is 7.52. The van der Waals surface area contributed by atoms with Gasteiger partial charge in [-0.3, -0.25) is 4.90 Å². The van der Waals surface area contributed by atoms with Gasteiger partial charge in [0, 0.05) is 24.2 Å². The molecule has 0 spiro atoms. The van der Waals surface area contributed by atoms with E-state index < -0.39 is 11.6 Å². The van der Waals surface area contributed by atoms with Gasteiger partial charge < -0.3 is 5.32 Å². The van der Waals surface area contributed by atoms with Crippen molar-refractivity contribution in [1.29, 1.82) is 0 Å². The number of likely N-dealkylation sites (N-methyl/N-ethyl adjacent to an activating group) is 1. The maximum absolute atomic E-state index is 13.9. The van der Waals surface area contributed by atoms with Crippen LogP contribution < -0.4 is 5.32 Å². The van der Waals surface area contributed by atoms with Gasteiger partial charge in [-0.2, -0.15) is 0 Å². The quantitative estimate of drug-likeness (QED) is 0.889. The third-order valence-electron chi connectivity index (χ3n) is 4.34. The SMILES string of the molecule is CCC1CCCCN1CC(NC)c1cccc(F)c1F. The van der Waals surface area contributed by atoms with E-state index in [4.69, 9.17) is 0 Å². The fourth-order valence-electron chi connectivity index (χ4n) is 3.13. The van der Waals surface area contributed by atoms with Gasteiger partial charge in [-0.25, -0.2) is 8.78 Å². The lowest BCUT2D eigenvalue weighted by Gasteiger charge is -2.37. The second-order valence-corrected chi connectivity index (χ2v) is 5.54. The van der Waals surface area contributed by atoms with Crippen LogP contribution in [0.2, 0.25) is 0 Å². The van der Waals surface area contributed by atoms with Crippen LogP contribution in [-0.2, 0) is 0 Å². The monoisotopic (exact) mass is 282 g/mol. The molecule has 20 heavy (non-hydrogen) atoms. The van der Waals surface area contributed by atoms with Crippen molar-refractivity contribution in [2.24, 2.45) is 0 Å². The Labute approximate surface area is 120 Å². The Balaban J connectivity index is 2.13. The molecule has 1 fully saturated rings. The van der Waals surface area contributed by atoms with Crippen LogP contribution in [-0.4, -0.2) is 31.1 Å². The largest absolute Gasteiger partial charge is 0.312 e. The van der Waals surface area contributed by atoms with Crippen LogP contribution in [0.1, 0.15) is 44.2 Å². The van der Waals surface area contributed by atoms with Gasteiger partial charge in [0.1, 0.15) is 0 Å². The van der Waals surface area contributed by atoms with E-state index >= 15 is 0 Å². The first-order valence-electron chi connectivity index (χ1n) is 7.52. The van der Waals surface area contributed by atoms with E-state index in [9.17, 15) is 8.78 Å². The van der Waals surface area contributed by atoms with E-state index in [0.717, 1.165) is 19.5 Å². The average Bonchev–Trinajstić information content (AvgIpc) is 2.48. The van der Waals surface area contributed by atoms with Crippen LogP contribution in [0.25, 0.3) is 0 Å². The lowest BCUT2D eigenvalue weighted by atomic mass is 9.97. The first-order chi connectivity index (χ1) is 9.67. The minimum atomic E-state index is -0.770. The second kappa shape index (κ2) is 7.14. The number of likely N-dealkylation sites (tertiary alicyclic amines) is 1. The molecule has 2 atom stereocenters. The second-order valence-electron chi connectivity index (χ2n) is 5.54. The van der Waals surface area contributed by atoms with Gasteiger partial charge in [-0.05, 0) is 38.9 Å². The minimum Gasteiger partial charge on any atom is -0.312 e. The van der Waals surface area contributed by atoms with Crippen molar-refractivity contribution in [2.75, 3.05) is 20.1 Å². The highest BCUT2D eigenvalue weighted by atomic mass is 19.2. The van der Waals surface area contributed by atoms with E-state index in [1.54, 1.807) is 19.2 Å². The maximum atomic E-state index is 13.9. The Morgan fingerprint density at radius 3 is 2.85 bits per heavy atom. The van der Waals surface area contributed by atoms with Crippen LogP contribution in [0, 0.1) is 11.6 Å². The van der Waals surface area contributed by atoms with E-state index in [1.807, 2.05) is 0 Å². The molecule has 2 rings (SSSR count). The minimum absolute atomic E-state index is 0.169. The van der Waals surface area contributed by atoms with Gasteiger partial charge in [-0.1, -0.05) is 25.5 Å². The molecule has 1 aromatic rings. The van der Waals surface area contributed by atoms with Crippen LogP contribution in [0.3, 0.4) is 0 Å². The molecule has 112 valence electrons. The Morgan fingerprint density at radius 2 is 2.15 bits per heavy atom.